The van der Waals surface area contributed by atoms with Crippen molar-refractivity contribution in [2.24, 2.45) is 0 Å². The van der Waals surface area contributed by atoms with Crippen LogP contribution in [0, 0.1) is 0 Å². The maximum absolute atomic E-state index is 4.44. The lowest BCUT2D eigenvalue weighted by molar-refractivity contribution is 0.326. The standard InChI is InChI=1S/C14H22N4/c1-17(2)14-13(4-3-8-15-14)16-11-7-9-18(10-11)12-5-6-12/h3-4,8,11-12,16H,5-7,9-10H2,1-2H3. The van der Waals surface area contributed by atoms with Gasteiger partial charge in [-0.25, -0.2) is 4.98 Å². The molecule has 2 fully saturated rings. The van der Waals surface area contributed by atoms with Gasteiger partial charge in [0, 0.05) is 45.5 Å². The van der Waals surface area contributed by atoms with Gasteiger partial charge in [0.2, 0.25) is 0 Å². The number of pyridine rings is 1. The fraction of sp³-hybridized carbons (Fsp3) is 0.643. The highest BCUT2D eigenvalue weighted by Crippen LogP contribution is 2.31. The molecule has 1 aromatic rings. The highest BCUT2D eigenvalue weighted by molar-refractivity contribution is 5.65. The molecule has 4 heteroatoms. The summed E-state index contributed by atoms with van der Waals surface area (Å²) in [4.78, 5) is 9.13. The van der Waals surface area contributed by atoms with Crippen molar-refractivity contribution in [3.05, 3.63) is 18.3 Å². The predicted octanol–water partition coefficient (Wildman–Crippen LogP) is 1.80. The minimum atomic E-state index is 0.577. The molecule has 4 nitrogen and oxygen atoms in total. The van der Waals surface area contributed by atoms with Crippen LogP contribution in [0.5, 0.6) is 0 Å². The van der Waals surface area contributed by atoms with Gasteiger partial charge in [-0.1, -0.05) is 0 Å². The Morgan fingerprint density at radius 2 is 2.17 bits per heavy atom. The number of nitrogens with zero attached hydrogens (tertiary/aromatic N) is 3. The van der Waals surface area contributed by atoms with Crippen LogP contribution < -0.4 is 10.2 Å². The first-order chi connectivity index (χ1) is 8.74. The van der Waals surface area contributed by atoms with Crippen molar-refractivity contribution in [2.75, 3.05) is 37.4 Å². The van der Waals surface area contributed by atoms with E-state index in [0.29, 0.717) is 6.04 Å². The first-order valence-corrected chi connectivity index (χ1v) is 6.87. The largest absolute Gasteiger partial charge is 0.378 e. The summed E-state index contributed by atoms with van der Waals surface area (Å²) >= 11 is 0. The molecule has 98 valence electrons. The van der Waals surface area contributed by atoms with E-state index in [1.54, 1.807) is 0 Å². The Morgan fingerprint density at radius 1 is 1.33 bits per heavy atom. The highest BCUT2D eigenvalue weighted by atomic mass is 15.2. The summed E-state index contributed by atoms with van der Waals surface area (Å²) < 4.78 is 0. The molecular formula is C14H22N4. The number of nitrogens with one attached hydrogen (secondary N) is 1. The molecule has 1 aliphatic carbocycles. The normalized spacial score (nSPS) is 24.2. The van der Waals surface area contributed by atoms with Crippen molar-refractivity contribution < 1.29 is 0 Å². The Morgan fingerprint density at radius 3 is 2.89 bits per heavy atom. The summed E-state index contributed by atoms with van der Waals surface area (Å²) in [7, 11) is 4.08. The lowest BCUT2D eigenvalue weighted by Crippen LogP contribution is -2.28. The average Bonchev–Trinajstić information content (AvgIpc) is 3.11. The number of hydrogen-bond donors (Lipinski definition) is 1. The molecule has 1 saturated carbocycles. The Kier molecular flexibility index (Phi) is 3.12. The Balaban J connectivity index is 1.65. The topological polar surface area (TPSA) is 31.4 Å². The van der Waals surface area contributed by atoms with Crippen LogP contribution in [-0.4, -0.2) is 49.2 Å². The quantitative estimate of drug-likeness (QED) is 0.878. The molecule has 0 amide bonds. The number of aromatic nitrogens is 1. The Labute approximate surface area is 109 Å². The van der Waals surface area contributed by atoms with Crippen molar-refractivity contribution in [3.63, 3.8) is 0 Å². The summed E-state index contributed by atoms with van der Waals surface area (Å²) in [5.74, 6) is 1.03. The van der Waals surface area contributed by atoms with E-state index in [0.717, 1.165) is 17.5 Å². The highest BCUT2D eigenvalue weighted by Gasteiger charge is 2.34. The van der Waals surface area contributed by atoms with E-state index in [2.05, 4.69) is 26.2 Å². The second-order valence-electron chi connectivity index (χ2n) is 5.63. The van der Waals surface area contributed by atoms with Crippen LogP contribution in [0.1, 0.15) is 19.3 Å². The van der Waals surface area contributed by atoms with Crippen molar-refractivity contribution in [3.8, 4) is 0 Å². The Bertz CT molecular complexity index is 414. The number of anilines is 2. The number of hydrogen-bond acceptors (Lipinski definition) is 4. The van der Waals surface area contributed by atoms with Gasteiger partial charge in [0.15, 0.2) is 5.82 Å². The third-order valence-electron chi connectivity index (χ3n) is 3.85. The molecule has 1 saturated heterocycles. The predicted molar refractivity (Wildman–Crippen MR) is 75.2 cm³/mol. The molecule has 1 aliphatic heterocycles. The fourth-order valence-electron chi connectivity index (χ4n) is 2.76. The maximum atomic E-state index is 4.44. The fourth-order valence-corrected chi connectivity index (χ4v) is 2.76. The molecule has 0 radical (unpaired) electrons. The van der Waals surface area contributed by atoms with E-state index in [1.807, 2.05) is 26.4 Å². The lowest BCUT2D eigenvalue weighted by atomic mass is 10.2. The van der Waals surface area contributed by atoms with Crippen LogP contribution in [-0.2, 0) is 0 Å². The van der Waals surface area contributed by atoms with E-state index in [1.165, 1.54) is 32.4 Å². The number of rotatable bonds is 4. The second-order valence-corrected chi connectivity index (χ2v) is 5.63. The van der Waals surface area contributed by atoms with Gasteiger partial charge < -0.3 is 10.2 Å². The maximum Gasteiger partial charge on any atom is 0.151 e. The average molecular weight is 246 g/mol. The Hall–Kier alpha value is -1.29. The van der Waals surface area contributed by atoms with E-state index >= 15 is 0 Å². The van der Waals surface area contributed by atoms with Crippen LogP contribution >= 0.6 is 0 Å². The van der Waals surface area contributed by atoms with Crippen molar-refractivity contribution >= 4 is 11.5 Å². The summed E-state index contributed by atoms with van der Waals surface area (Å²) in [6.45, 7) is 2.44. The zero-order valence-electron chi connectivity index (χ0n) is 11.3. The lowest BCUT2D eigenvalue weighted by Gasteiger charge is -2.21. The van der Waals surface area contributed by atoms with E-state index in [-0.39, 0.29) is 0 Å². The molecule has 18 heavy (non-hydrogen) atoms. The van der Waals surface area contributed by atoms with E-state index in [9.17, 15) is 0 Å². The summed E-state index contributed by atoms with van der Waals surface area (Å²) in [6.07, 6.45) is 5.91. The molecular weight excluding hydrogens is 224 g/mol. The third kappa shape index (κ3) is 2.43. The van der Waals surface area contributed by atoms with E-state index in [4.69, 9.17) is 0 Å². The summed E-state index contributed by atoms with van der Waals surface area (Å²) in [6, 6.07) is 5.60. The summed E-state index contributed by atoms with van der Waals surface area (Å²) in [5.41, 5.74) is 1.16. The van der Waals surface area contributed by atoms with Crippen LogP contribution in [0.3, 0.4) is 0 Å². The van der Waals surface area contributed by atoms with Gasteiger partial charge in [-0.15, -0.1) is 0 Å². The van der Waals surface area contributed by atoms with Gasteiger partial charge in [0.05, 0.1) is 5.69 Å². The van der Waals surface area contributed by atoms with Crippen molar-refractivity contribution in [1.82, 2.24) is 9.88 Å². The molecule has 1 aromatic heterocycles. The van der Waals surface area contributed by atoms with Gasteiger partial charge in [-0.05, 0) is 31.4 Å². The zero-order valence-corrected chi connectivity index (χ0v) is 11.3. The number of likely N-dealkylation sites (tertiary alicyclic amines) is 1. The molecule has 3 rings (SSSR count). The monoisotopic (exact) mass is 246 g/mol. The molecule has 2 heterocycles. The summed E-state index contributed by atoms with van der Waals surface area (Å²) in [5, 5.41) is 3.66. The molecule has 1 N–H and O–H groups in total. The van der Waals surface area contributed by atoms with Gasteiger partial charge in [0.1, 0.15) is 0 Å². The van der Waals surface area contributed by atoms with Gasteiger partial charge in [-0.2, -0.15) is 0 Å². The smallest absolute Gasteiger partial charge is 0.151 e. The third-order valence-corrected chi connectivity index (χ3v) is 3.85. The first kappa shape index (κ1) is 11.8. The molecule has 2 aliphatic rings. The minimum absolute atomic E-state index is 0.577. The molecule has 0 aromatic carbocycles. The van der Waals surface area contributed by atoms with Gasteiger partial charge >= 0.3 is 0 Å². The molecule has 0 spiro atoms. The molecule has 0 bridgehead atoms. The van der Waals surface area contributed by atoms with Crippen molar-refractivity contribution in [2.45, 2.75) is 31.3 Å². The minimum Gasteiger partial charge on any atom is -0.378 e. The van der Waals surface area contributed by atoms with E-state index < -0.39 is 0 Å². The van der Waals surface area contributed by atoms with Crippen LogP contribution in [0.4, 0.5) is 11.5 Å². The molecule has 1 atom stereocenters. The van der Waals surface area contributed by atoms with Crippen LogP contribution in [0.15, 0.2) is 18.3 Å². The van der Waals surface area contributed by atoms with Crippen molar-refractivity contribution in [1.29, 1.82) is 0 Å². The van der Waals surface area contributed by atoms with Crippen LogP contribution in [0.2, 0.25) is 0 Å². The SMILES string of the molecule is CN(C)c1ncccc1NC1CCN(C2CC2)C1. The second kappa shape index (κ2) is 4.76. The van der Waals surface area contributed by atoms with Gasteiger partial charge in [0.25, 0.3) is 0 Å². The first-order valence-electron chi connectivity index (χ1n) is 6.87. The molecule has 1 unspecified atom stereocenters. The zero-order chi connectivity index (χ0) is 12.5. The van der Waals surface area contributed by atoms with Crippen LogP contribution in [0.25, 0.3) is 0 Å². The van der Waals surface area contributed by atoms with Gasteiger partial charge in [-0.3, -0.25) is 4.90 Å².